The second-order valence-corrected chi connectivity index (χ2v) is 8.93. The number of hydrogen-bond donors (Lipinski definition) is 1. The van der Waals surface area contributed by atoms with Crippen LogP contribution in [0.25, 0.3) is 0 Å². The number of hydrogen-bond acceptors (Lipinski definition) is 5. The van der Waals surface area contributed by atoms with Crippen molar-refractivity contribution < 1.29 is 8.42 Å². The van der Waals surface area contributed by atoms with Gasteiger partial charge in [-0.3, -0.25) is 0 Å². The van der Waals surface area contributed by atoms with Gasteiger partial charge >= 0.3 is 0 Å². The van der Waals surface area contributed by atoms with Crippen LogP contribution in [0.15, 0.2) is 10.3 Å². The highest BCUT2D eigenvalue weighted by Gasteiger charge is 2.30. The molecule has 1 aromatic rings. The molecule has 1 aliphatic rings. The first kappa shape index (κ1) is 16.3. The lowest BCUT2D eigenvalue weighted by Gasteiger charge is -2.26. The van der Waals surface area contributed by atoms with Crippen LogP contribution in [0, 0.1) is 6.92 Å². The molecule has 0 amide bonds. The molecule has 0 bridgehead atoms. The molecule has 0 unspecified atom stereocenters. The maximum absolute atomic E-state index is 12.8. The first-order valence-corrected chi connectivity index (χ1v) is 10.4. The lowest BCUT2D eigenvalue weighted by Crippen LogP contribution is -2.38. The fraction of sp³-hybridized carbons (Fsp3) is 0.692. The molecular weight excluding hydrogens is 312 g/mol. The van der Waals surface area contributed by atoms with Gasteiger partial charge in [-0.15, -0.1) is 11.3 Å². The highest BCUT2D eigenvalue weighted by Crippen LogP contribution is 2.30. The largest absolute Gasteiger partial charge is 0.312 e. The molecule has 1 aromatic heterocycles. The molecule has 1 fully saturated rings. The summed E-state index contributed by atoms with van der Waals surface area (Å²) in [7, 11) is -3.33. The van der Waals surface area contributed by atoms with Gasteiger partial charge < -0.3 is 5.32 Å². The number of nitrogens with one attached hydrogen (secondary N) is 1. The fourth-order valence-electron chi connectivity index (χ4n) is 2.25. The Morgan fingerprint density at radius 3 is 2.70 bits per heavy atom. The first-order valence-electron chi connectivity index (χ1n) is 6.93. The van der Waals surface area contributed by atoms with E-state index < -0.39 is 10.0 Å². The fourth-order valence-corrected chi connectivity index (χ4v) is 6.56. The van der Waals surface area contributed by atoms with Crippen LogP contribution in [0.3, 0.4) is 0 Å². The zero-order valence-electron chi connectivity index (χ0n) is 12.0. The zero-order chi connectivity index (χ0) is 14.6. The maximum atomic E-state index is 12.8. The summed E-state index contributed by atoms with van der Waals surface area (Å²) in [4.78, 5) is 1.48. The monoisotopic (exact) mass is 334 g/mol. The SMILES string of the molecule is CCCNCc1scc(C)c1S(=O)(=O)N1CCSCC1. The molecule has 2 rings (SSSR count). The van der Waals surface area contributed by atoms with Crippen LogP contribution in [0.5, 0.6) is 0 Å². The van der Waals surface area contributed by atoms with E-state index in [-0.39, 0.29) is 0 Å². The minimum Gasteiger partial charge on any atom is -0.312 e. The summed E-state index contributed by atoms with van der Waals surface area (Å²) in [6.45, 7) is 6.82. The second kappa shape index (κ2) is 7.26. The summed E-state index contributed by atoms with van der Waals surface area (Å²) in [5, 5.41) is 5.26. The van der Waals surface area contributed by atoms with E-state index in [2.05, 4.69) is 12.2 Å². The van der Waals surface area contributed by atoms with Crippen molar-refractivity contribution in [3.05, 3.63) is 15.8 Å². The van der Waals surface area contributed by atoms with Crippen molar-refractivity contribution in [2.45, 2.75) is 31.7 Å². The van der Waals surface area contributed by atoms with Crippen molar-refractivity contribution in [1.29, 1.82) is 0 Å². The molecule has 0 spiro atoms. The average molecular weight is 335 g/mol. The summed E-state index contributed by atoms with van der Waals surface area (Å²) in [6.07, 6.45) is 1.05. The molecule has 0 atom stereocenters. The number of sulfonamides is 1. The molecule has 1 N–H and O–H groups in total. The Kier molecular flexibility index (Phi) is 5.92. The van der Waals surface area contributed by atoms with Crippen LogP contribution in [0.4, 0.5) is 0 Å². The third-order valence-corrected chi connectivity index (χ3v) is 7.57. The average Bonchev–Trinajstić information content (AvgIpc) is 2.82. The Hall–Kier alpha value is -0.0800. The minimum atomic E-state index is -3.33. The highest BCUT2D eigenvalue weighted by molar-refractivity contribution is 7.99. The van der Waals surface area contributed by atoms with Crippen molar-refractivity contribution in [3.63, 3.8) is 0 Å². The van der Waals surface area contributed by atoms with E-state index in [1.54, 1.807) is 15.6 Å². The molecule has 0 saturated carbocycles. The third-order valence-electron chi connectivity index (χ3n) is 3.27. The van der Waals surface area contributed by atoms with E-state index >= 15 is 0 Å². The lowest BCUT2D eigenvalue weighted by atomic mass is 10.3. The van der Waals surface area contributed by atoms with Crippen molar-refractivity contribution in [2.75, 3.05) is 31.1 Å². The van der Waals surface area contributed by atoms with Crippen molar-refractivity contribution in [1.82, 2.24) is 9.62 Å². The molecule has 4 nitrogen and oxygen atoms in total. The van der Waals surface area contributed by atoms with Crippen molar-refractivity contribution in [2.24, 2.45) is 0 Å². The molecule has 1 saturated heterocycles. The van der Waals surface area contributed by atoms with Crippen LogP contribution in [-0.2, 0) is 16.6 Å². The van der Waals surface area contributed by atoms with E-state index in [1.807, 2.05) is 24.1 Å². The number of nitrogens with zero attached hydrogens (tertiary/aromatic N) is 1. The second-order valence-electron chi connectivity index (χ2n) is 4.86. The van der Waals surface area contributed by atoms with Gasteiger partial charge in [0.05, 0.1) is 0 Å². The standard InChI is InChI=1S/C13H22N2O2S3/c1-3-4-14-9-12-13(11(2)10-19-12)20(16,17)15-5-7-18-8-6-15/h10,14H,3-9H2,1-2H3. The van der Waals surface area contributed by atoms with Crippen LogP contribution in [0.2, 0.25) is 0 Å². The Morgan fingerprint density at radius 2 is 2.05 bits per heavy atom. The van der Waals surface area contributed by atoms with E-state index in [0.29, 0.717) is 24.5 Å². The van der Waals surface area contributed by atoms with Gasteiger partial charge in [0.2, 0.25) is 10.0 Å². The topological polar surface area (TPSA) is 49.4 Å². The van der Waals surface area contributed by atoms with E-state index in [9.17, 15) is 8.42 Å². The molecule has 2 heterocycles. The first-order chi connectivity index (χ1) is 9.57. The summed E-state index contributed by atoms with van der Waals surface area (Å²) < 4.78 is 27.3. The number of thioether (sulfide) groups is 1. The molecule has 0 radical (unpaired) electrons. The number of thiophene rings is 1. The predicted octanol–water partition coefficient (Wildman–Crippen LogP) is 2.29. The van der Waals surface area contributed by atoms with Gasteiger partial charge in [-0.2, -0.15) is 16.1 Å². The smallest absolute Gasteiger partial charge is 0.244 e. The zero-order valence-corrected chi connectivity index (χ0v) is 14.5. The quantitative estimate of drug-likeness (QED) is 0.811. The Balaban J connectivity index is 2.23. The van der Waals surface area contributed by atoms with E-state index in [1.165, 1.54) is 0 Å². The third kappa shape index (κ3) is 3.57. The summed E-state index contributed by atoms with van der Waals surface area (Å²) in [5.41, 5.74) is 0.876. The van der Waals surface area contributed by atoms with Gasteiger partial charge in [-0.25, -0.2) is 8.42 Å². The predicted molar refractivity (Wildman–Crippen MR) is 87.1 cm³/mol. The van der Waals surface area contributed by atoms with Gasteiger partial charge in [-0.05, 0) is 30.8 Å². The molecule has 114 valence electrons. The van der Waals surface area contributed by atoms with Gasteiger partial charge in [0.1, 0.15) is 4.90 Å². The summed E-state index contributed by atoms with van der Waals surface area (Å²) in [6, 6.07) is 0. The molecule has 0 aromatic carbocycles. The normalized spacial score (nSPS) is 17.5. The summed E-state index contributed by atoms with van der Waals surface area (Å²) >= 11 is 3.37. The molecule has 20 heavy (non-hydrogen) atoms. The van der Waals surface area contributed by atoms with Gasteiger partial charge in [-0.1, -0.05) is 6.92 Å². The van der Waals surface area contributed by atoms with E-state index in [0.717, 1.165) is 34.9 Å². The van der Waals surface area contributed by atoms with Gasteiger partial charge in [0.25, 0.3) is 0 Å². The molecule has 1 aliphatic heterocycles. The van der Waals surface area contributed by atoms with Gasteiger partial charge in [0.15, 0.2) is 0 Å². The number of rotatable bonds is 6. The molecule has 0 aliphatic carbocycles. The van der Waals surface area contributed by atoms with Crippen LogP contribution in [-0.4, -0.2) is 43.9 Å². The Bertz CT molecular complexity index is 534. The van der Waals surface area contributed by atoms with Crippen molar-refractivity contribution >= 4 is 33.1 Å². The van der Waals surface area contributed by atoms with Crippen LogP contribution >= 0.6 is 23.1 Å². The van der Waals surface area contributed by atoms with Crippen LogP contribution < -0.4 is 5.32 Å². The number of aryl methyl sites for hydroxylation is 1. The highest BCUT2D eigenvalue weighted by atomic mass is 32.2. The summed E-state index contributed by atoms with van der Waals surface area (Å²) in [5.74, 6) is 1.79. The minimum absolute atomic E-state index is 0.540. The maximum Gasteiger partial charge on any atom is 0.244 e. The van der Waals surface area contributed by atoms with Crippen LogP contribution in [0.1, 0.15) is 23.8 Å². The van der Waals surface area contributed by atoms with Crippen molar-refractivity contribution in [3.8, 4) is 0 Å². The Labute approximate surface area is 130 Å². The lowest BCUT2D eigenvalue weighted by molar-refractivity contribution is 0.442. The van der Waals surface area contributed by atoms with Gasteiger partial charge in [0, 0.05) is 36.0 Å². The molecular formula is C13H22N2O2S3. The van der Waals surface area contributed by atoms with E-state index in [4.69, 9.17) is 0 Å². The Morgan fingerprint density at radius 1 is 1.35 bits per heavy atom. The molecule has 7 heteroatoms.